The van der Waals surface area contributed by atoms with Gasteiger partial charge in [0.1, 0.15) is 4.88 Å². The first-order chi connectivity index (χ1) is 13.7. The lowest BCUT2D eigenvalue weighted by Gasteiger charge is -2.05. The number of nitrogens with two attached hydrogens (primary N) is 1. The van der Waals surface area contributed by atoms with E-state index in [1.54, 1.807) is 19.1 Å². The topological polar surface area (TPSA) is 131 Å². The molecule has 4 N–H and O–H groups in total. The number of anilines is 2. The molecule has 0 fully saturated rings. The van der Waals surface area contributed by atoms with Crippen LogP contribution in [0, 0.1) is 6.92 Å². The van der Waals surface area contributed by atoms with Gasteiger partial charge in [-0.15, -0.1) is 0 Å². The van der Waals surface area contributed by atoms with E-state index in [9.17, 15) is 18.0 Å². The first-order valence-corrected chi connectivity index (χ1v) is 10.8. The molecule has 0 atom stereocenters. The van der Waals surface area contributed by atoms with Crippen molar-refractivity contribution in [1.82, 2.24) is 4.98 Å². The van der Waals surface area contributed by atoms with Crippen molar-refractivity contribution in [2.45, 2.75) is 11.8 Å². The smallest absolute Gasteiger partial charge is 0.267 e. The first-order valence-electron chi connectivity index (χ1n) is 8.13. The van der Waals surface area contributed by atoms with E-state index in [4.69, 9.17) is 17.3 Å². The minimum absolute atomic E-state index is 0.0234. The number of aromatic nitrogens is 1. The van der Waals surface area contributed by atoms with Crippen LogP contribution in [0.3, 0.4) is 0 Å². The van der Waals surface area contributed by atoms with Crippen LogP contribution >= 0.6 is 22.9 Å². The minimum atomic E-state index is -3.87. The summed E-state index contributed by atoms with van der Waals surface area (Å²) in [5, 5.41) is 3.14. The van der Waals surface area contributed by atoms with Gasteiger partial charge in [0.15, 0.2) is 5.13 Å². The van der Waals surface area contributed by atoms with Gasteiger partial charge in [-0.25, -0.2) is 13.4 Å². The number of primary amides is 1. The maximum Gasteiger partial charge on any atom is 0.267 e. The van der Waals surface area contributed by atoms with Crippen LogP contribution in [0.2, 0.25) is 5.02 Å². The summed E-state index contributed by atoms with van der Waals surface area (Å²) in [7, 11) is -3.87. The van der Waals surface area contributed by atoms with Gasteiger partial charge in [0.25, 0.3) is 15.9 Å². The van der Waals surface area contributed by atoms with Crippen LogP contribution in [0.5, 0.6) is 0 Å². The molecule has 3 rings (SSSR count). The molecule has 1 aromatic heterocycles. The zero-order chi connectivity index (χ0) is 21.2. The van der Waals surface area contributed by atoms with E-state index in [0.29, 0.717) is 22.0 Å². The molecule has 0 spiro atoms. The van der Waals surface area contributed by atoms with Crippen LogP contribution in [0.1, 0.15) is 25.7 Å². The predicted octanol–water partition coefficient (Wildman–Crippen LogP) is 3.26. The number of aryl methyl sites for hydroxylation is 1. The molecule has 0 aliphatic rings. The average molecular weight is 451 g/mol. The van der Waals surface area contributed by atoms with Gasteiger partial charge in [0.05, 0.1) is 10.6 Å². The van der Waals surface area contributed by atoms with Crippen LogP contribution in [0.25, 0.3) is 0 Å². The Hall–Kier alpha value is -2.95. The summed E-state index contributed by atoms with van der Waals surface area (Å²) in [4.78, 5) is 28.0. The third-order valence-electron chi connectivity index (χ3n) is 3.78. The highest BCUT2D eigenvalue weighted by Crippen LogP contribution is 2.26. The molecular weight excluding hydrogens is 436 g/mol. The van der Waals surface area contributed by atoms with Crippen molar-refractivity contribution < 1.29 is 18.0 Å². The number of halogens is 1. The molecular formula is C18H15ClN4O4S2. The van der Waals surface area contributed by atoms with E-state index in [2.05, 4.69) is 15.0 Å². The van der Waals surface area contributed by atoms with E-state index in [-0.39, 0.29) is 14.9 Å². The van der Waals surface area contributed by atoms with Crippen LogP contribution in [-0.4, -0.2) is 25.2 Å². The Kier molecular flexibility index (Phi) is 5.87. The Balaban J connectivity index is 1.76. The van der Waals surface area contributed by atoms with Crippen molar-refractivity contribution in [3.63, 3.8) is 0 Å². The van der Waals surface area contributed by atoms with Crippen LogP contribution < -0.4 is 15.8 Å². The van der Waals surface area contributed by atoms with Gasteiger partial charge in [-0.2, -0.15) is 0 Å². The van der Waals surface area contributed by atoms with Gasteiger partial charge >= 0.3 is 0 Å². The van der Waals surface area contributed by atoms with Gasteiger partial charge in [-0.1, -0.05) is 22.9 Å². The summed E-state index contributed by atoms with van der Waals surface area (Å²) in [6.07, 6.45) is 0. The highest BCUT2D eigenvalue weighted by Gasteiger charge is 2.20. The highest BCUT2D eigenvalue weighted by molar-refractivity contribution is 7.93. The molecule has 2 aromatic carbocycles. The Bertz CT molecular complexity index is 1170. The van der Waals surface area contributed by atoms with Crippen molar-refractivity contribution in [3.05, 3.63) is 69.7 Å². The number of thiazole rings is 1. The highest BCUT2D eigenvalue weighted by atomic mass is 35.5. The van der Waals surface area contributed by atoms with Gasteiger partial charge in [0, 0.05) is 16.3 Å². The van der Waals surface area contributed by atoms with Crippen molar-refractivity contribution in [2.24, 2.45) is 5.73 Å². The Morgan fingerprint density at radius 2 is 1.69 bits per heavy atom. The second-order valence-corrected chi connectivity index (χ2v) is 9.01. The first kappa shape index (κ1) is 20.8. The molecule has 2 amide bonds. The zero-order valence-corrected chi connectivity index (χ0v) is 17.4. The summed E-state index contributed by atoms with van der Waals surface area (Å²) in [6, 6.07) is 11.7. The lowest BCUT2D eigenvalue weighted by atomic mass is 10.2. The summed E-state index contributed by atoms with van der Waals surface area (Å²) < 4.78 is 27.3. The maximum atomic E-state index is 12.5. The molecule has 0 saturated heterocycles. The molecule has 0 bridgehead atoms. The predicted molar refractivity (Wildman–Crippen MR) is 112 cm³/mol. The average Bonchev–Trinajstić information content (AvgIpc) is 3.02. The lowest BCUT2D eigenvalue weighted by Crippen LogP contribution is -2.13. The third-order valence-corrected chi connectivity index (χ3v) is 6.58. The van der Waals surface area contributed by atoms with Crippen molar-refractivity contribution in [3.8, 4) is 0 Å². The van der Waals surface area contributed by atoms with Gasteiger partial charge in [-0.3, -0.25) is 14.3 Å². The molecule has 0 saturated carbocycles. The summed E-state index contributed by atoms with van der Waals surface area (Å²) >= 11 is 6.68. The summed E-state index contributed by atoms with van der Waals surface area (Å²) in [5.41, 5.74) is 6.32. The second kappa shape index (κ2) is 8.19. The fourth-order valence-electron chi connectivity index (χ4n) is 2.34. The number of nitrogens with zero attached hydrogens (tertiary/aromatic N) is 1. The molecule has 8 nitrogen and oxygen atoms in total. The van der Waals surface area contributed by atoms with Crippen LogP contribution in [0.15, 0.2) is 53.4 Å². The third kappa shape index (κ3) is 4.91. The van der Waals surface area contributed by atoms with Crippen molar-refractivity contribution in [1.29, 1.82) is 0 Å². The molecule has 150 valence electrons. The van der Waals surface area contributed by atoms with E-state index in [1.165, 1.54) is 36.4 Å². The van der Waals surface area contributed by atoms with Gasteiger partial charge in [0.2, 0.25) is 5.91 Å². The number of rotatable bonds is 6. The number of sulfonamides is 1. The molecule has 0 unspecified atom stereocenters. The molecule has 3 aromatic rings. The Morgan fingerprint density at radius 1 is 1.07 bits per heavy atom. The Morgan fingerprint density at radius 3 is 2.28 bits per heavy atom. The van der Waals surface area contributed by atoms with Gasteiger partial charge < -0.3 is 11.1 Å². The number of benzene rings is 2. The summed E-state index contributed by atoms with van der Waals surface area (Å²) in [5.74, 6) is -1.03. The number of carbonyl (C=O) groups excluding carboxylic acids is 2. The van der Waals surface area contributed by atoms with Crippen molar-refractivity contribution >= 4 is 55.6 Å². The number of hydrogen-bond acceptors (Lipinski definition) is 6. The molecule has 11 heteroatoms. The standard InChI is InChI=1S/C18H15ClN4O4S2/c1-10-15(17(25)22-13-6-2-11(3-7-13)16(20)24)28-18(21-10)23-29(26,27)14-8-4-12(19)5-9-14/h2-9H,1H3,(H2,20,24)(H,21,23)(H,22,25). The monoisotopic (exact) mass is 450 g/mol. The molecule has 0 aliphatic carbocycles. The SMILES string of the molecule is Cc1nc(NS(=O)(=O)c2ccc(Cl)cc2)sc1C(=O)Nc1ccc(C(N)=O)cc1. The minimum Gasteiger partial charge on any atom is -0.366 e. The molecule has 0 aliphatic heterocycles. The molecule has 1 heterocycles. The van der Waals surface area contributed by atoms with E-state index in [1.807, 2.05) is 0 Å². The van der Waals surface area contributed by atoms with Crippen molar-refractivity contribution in [2.75, 3.05) is 10.0 Å². The van der Waals surface area contributed by atoms with E-state index >= 15 is 0 Å². The second-order valence-electron chi connectivity index (χ2n) is 5.89. The fourth-order valence-corrected chi connectivity index (χ4v) is 4.57. The largest absolute Gasteiger partial charge is 0.366 e. The number of nitrogens with one attached hydrogen (secondary N) is 2. The number of amides is 2. The maximum absolute atomic E-state index is 12.5. The van der Waals surface area contributed by atoms with Crippen LogP contribution in [0.4, 0.5) is 10.8 Å². The van der Waals surface area contributed by atoms with E-state index in [0.717, 1.165) is 11.3 Å². The van der Waals surface area contributed by atoms with Gasteiger partial charge in [-0.05, 0) is 55.5 Å². The van der Waals surface area contributed by atoms with Crippen LogP contribution in [-0.2, 0) is 10.0 Å². The molecule has 29 heavy (non-hydrogen) atoms. The number of hydrogen-bond donors (Lipinski definition) is 3. The quantitative estimate of drug-likeness (QED) is 0.530. The van der Waals surface area contributed by atoms with E-state index < -0.39 is 21.8 Å². The fraction of sp³-hybridized carbons (Fsp3) is 0.0556. The zero-order valence-electron chi connectivity index (χ0n) is 15.0. The summed E-state index contributed by atoms with van der Waals surface area (Å²) in [6.45, 7) is 1.60. The Labute approximate surface area is 175 Å². The number of carbonyl (C=O) groups is 2. The lowest BCUT2D eigenvalue weighted by molar-refractivity contribution is 0.0998. The normalized spacial score (nSPS) is 11.1. The molecule has 0 radical (unpaired) electrons.